The number of carbonyl (C=O) groups is 1. The van der Waals surface area contributed by atoms with E-state index >= 15 is 0 Å². The summed E-state index contributed by atoms with van der Waals surface area (Å²) in [6.45, 7) is 5.51. The zero-order valence-electron chi connectivity index (χ0n) is 14.4. The molecule has 1 aromatic carbocycles. The summed E-state index contributed by atoms with van der Waals surface area (Å²) in [7, 11) is 0. The largest absolute Gasteiger partial charge is 0.460 e. The third-order valence-corrected chi connectivity index (χ3v) is 3.79. The predicted molar refractivity (Wildman–Crippen MR) is 94.4 cm³/mol. The Labute approximate surface area is 145 Å². The normalized spacial score (nSPS) is 11.6. The number of nitrogens with zero attached hydrogens (tertiary/aromatic N) is 2. The zero-order chi connectivity index (χ0) is 17.8. The molecule has 3 rings (SSSR count). The molecule has 0 radical (unpaired) electrons. The third-order valence-electron chi connectivity index (χ3n) is 3.79. The Morgan fingerprint density at radius 2 is 1.92 bits per heavy atom. The summed E-state index contributed by atoms with van der Waals surface area (Å²) in [6.07, 6.45) is 0.626. The molecule has 1 amide bonds. The fraction of sp³-hybridized carbons (Fsp3) is 0.211. The maximum Gasteiger partial charge on any atom is 0.277 e. The van der Waals surface area contributed by atoms with Crippen molar-refractivity contribution in [1.82, 2.24) is 10.6 Å². The molecule has 0 saturated carbocycles. The van der Waals surface area contributed by atoms with Gasteiger partial charge in [-0.15, -0.1) is 0 Å². The Morgan fingerprint density at radius 1 is 1.16 bits per heavy atom. The molecule has 0 aliphatic carbocycles. The lowest BCUT2D eigenvalue weighted by Crippen LogP contribution is -2.21. The molecule has 2 heterocycles. The van der Waals surface area contributed by atoms with Gasteiger partial charge in [-0.05, 0) is 32.4 Å². The maximum absolute atomic E-state index is 12.6. The van der Waals surface area contributed by atoms with Crippen LogP contribution in [0.15, 0.2) is 56.5 Å². The number of nitrogens with one attached hydrogen (secondary N) is 1. The standard InChI is InChI=1S/C19H19N3O3/c1-4-15(16-11-10-12(2)24-16)20-21-19(23)17-13(3)25-22-18(17)14-8-6-5-7-9-14/h5-11H,4H2,1-3H3,(H,21,23). The van der Waals surface area contributed by atoms with Crippen LogP contribution < -0.4 is 5.43 Å². The van der Waals surface area contributed by atoms with Crippen LogP contribution in [0.4, 0.5) is 0 Å². The Balaban J connectivity index is 1.87. The summed E-state index contributed by atoms with van der Waals surface area (Å²) in [5.74, 6) is 1.51. The second-order valence-corrected chi connectivity index (χ2v) is 5.59. The van der Waals surface area contributed by atoms with Gasteiger partial charge in [-0.1, -0.05) is 42.4 Å². The number of amides is 1. The highest BCUT2D eigenvalue weighted by molar-refractivity contribution is 6.03. The smallest absolute Gasteiger partial charge is 0.277 e. The molecule has 0 saturated heterocycles. The van der Waals surface area contributed by atoms with Crippen LogP contribution in [0.2, 0.25) is 0 Å². The topological polar surface area (TPSA) is 80.6 Å². The first-order chi connectivity index (χ1) is 12.1. The minimum atomic E-state index is -0.369. The number of rotatable bonds is 5. The Bertz CT molecular complexity index is 907. The molecule has 0 bridgehead atoms. The van der Waals surface area contributed by atoms with Gasteiger partial charge in [0.2, 0.25) is 0 Å². The monoisotopic (exact) mass is 337 g/mol. The van der Waals surface area contributed by atoms with E-state index in [1.807, 2.05) is 56.3 Å². The van der Waals surface area contributed by atoms with E-state index in [2.05, 4.69) is 15.7 Å². The summed E-state index contributed by atoms with van der Waals surface area (Å²) >= 11 is 0. The van der Waals surface area contributed by atoms with Crippen LogP contribution in [0.5, 0.6) is 0 Å². The molecule has 0 unspecified atom stereocenters. The van der Waals surface area contributed by atoms with Gasteiger partial charge >= 0.3 is 0 Å². The minimum Gasteiger partial charge on any atom is -0.460 e. The van der Waals surface area contributed by atoms with Crippen molar-refractivity contribution >= 4 is 11.6 Å². The molecule has 6 heteroatoms. The molecule has 2 aromatic heterocycles. The number of aromatic nitrogens is 1. The number of carbonyl (C=O) groups excluding carboxylic acids is 1. The molecule has 0 spiro atoms. The third kappa shape index (κ3) is 3.52. The second kappa shape index (κ2) is 7.17. The molecule has 128 valence electrons. The van der Waals surface area contributed by atoms with E-state index in [0.29, 0.717) is 34.9 Å². The van der Waals surface area contributed by atoms with Gasteiger partial charge in [-0.2, -0.15) is 5.10 Å². The van der Waals surface area contributed by atoms with E-state index in [0.717, 1.165) is 11.3 Å². The van der Waals surface area contributed by atoms with E-state index in [1.54, 1.807) is 6.92 Å². The van der Waals surface area contributed by atoms with Gasteiger partial charge in [-0.3, -0.25) is 4.79 Å². The van der Waals surface area contributed by atoms with E-state index in [1.165, 1.54) is 0 Å². The van der Waals surface area contributed by atoms with E-state index < -0.39 is 0 Å². The molecule has 6 nitrogen and oxygen atoms in total. The Kier molecular flexibility index (Phi) is 4.79. The fourth-order valence-electron chi connectivity index (χ4n) is 2.50. The van der Waals surface area contributed by atoms with Gasteiger partial charge in [0.25, 0.3) is 5.91 Å². The first kappa shape index (κ1) is 16.7. The van der Waals surface area contributed by atoms with Crippen molar-refractivity contribution in [2.75, 3.05) is 0 Å². The lowest BCUT2D eigenvalue weighted by Gasteiger charge is -2.04. The minimum absolute atomic E-state index is 0.369. The fourth-order valence-corrected chi connectivity index (χ4v) is 2.50. The Hall–Kier alpha value is -3.15. The van der Waals surface area contributed by atoms with Crippen LogP contribution in [0.1, 0.15) is 41.0 Å². The van der Waals surface area contributed by atoms with Gasteiger partial charge in [-0.25, -0.2) is 5.43 Å². The lowest BCUT2D eigenvalue weighted by atomic mass is 10.1. The summed E-state index contributed by atoms with van der Waals surface area (Å²) in [5, 5.41) is 8.22. The number of hydrogen-bond donors (Lipinski definition) is 1. The quantitative estimate of drug-likeness (QED) is 0.561. The molecular weight excluding hydrogens is 318 g/mol. The average Bonchev–Trinajstić information content (AvgIpc) is 3.22. The van der Waals surface area contributed by atoms with Crippen LogP contribution >= 0.6 is 0 Å². The average molecular weight is 337 g/mol. The number of hydrazone groups is 1. The molecule has 1 N–H and O–H groups in total. The van der Waals surface area contributed by atoms with Gasteiger partial charge in [0.15, 0.2) is 0 Å². The molecule has 0 aliphatic rings. The van der Waals surface area contributed by atoms with Crippen LogP contribution in [-0.2, 0) is 0 Å². The van der Waals surface area contributed by atoms with Crippen molar-refractivity contribution in [3.63, 3.8) is 0 Å². The molecular formula is C19H19N3O3. The highest BCUT2D eigenvalue weighted by Gasteiger charge is 2.21. The van der Waals surface area contributed by atoms with Crippen LogP contribution in [0.3, 0.4) is 0 Å². The van der Waals surface area contributed by atoms with Gasteiger partial charge < -0.3 is 8.94 Å². The van der Waals surface area contributed by atoms with Crippen molar-refractivity contribution in [2.24, 2.45) is 5.10 Å². The van der Waals surface area contributed by atoms with Crippen molar-refractivity contribution < 1.29 is 13.7 Å². The first-order valence-corrected chi connectivity index (χ1v) is 8.05. The number of hydrogen-bond acceptors (Lipinski definition) is 5. The van der Waals surface area contributed by atoms with Crippen LogP contribution in [0.25, 0.3) is 11.3 Å². The van der Waals surface area contributed by atoms with E-state index in [4.69, 9.17) is 8.94 Å². The number of benzene rings is 1. The van der Waals surface area contributed by atoms with Gasteiger partial charge in [0.1, 0.15) is 34.2 Å². The first-order valence-electron chi connectivity index (χ1n) is 8.05. The predicted octanol–water partition coefficient (Wildman–Crippen LogP) is 4.10. The molecule has 25 heavy (non-hydrogen) atoms. The maximum atomic E-state index is 12.6. The van der Waals surface area contributed by atoms with Crippen molar-refractivity contribution in [3.05, 3.63) is 65.3 Å². The highest BCUT2D eigenvalue weighted by atomic mass is 16.5. The second-order valence-electron chi connectivity index (χ2n) is 5.59. The summed E-state index contributed by atoms with van der Waals surface area (Å²) in [4.78, 5) is 12.6. The summed E-state index contributed by atoms with van der Waals surface area (Å²) < 4.78 is 10.8. The number of furan rings is 1. The molecule has 3 aromatic rings. The zero-order valence-corrected chi connectivity index (χ0v) is 14.4. The Morgan fingerprint density at radius 3 is 2.56 bits per heavy atom. The van der Waals surface area contributed by atoms with Crippen molar-refractivity contribution in [1.29, 1.82) is 0 Å². The summed E-state index contributed by atoms with van der Waals surface area (Å²) in [6, 6.07) is 13.1. The SMILES string of the molecule is CCC(=NNC(=O)c1c(-c2ccccc2)noc1C)c1ccc(C)o1. The molecule has 0 fully saturated rings. The lowest BCUT2D eigenvalue weighted by molar-refractivity contribution is 0.0954. The molecule has 0 atom stereocenters. The van der Waals surface area contributed by atoms with E-state index in [-0.39, 0.29) is 5.91 Å². The van der Waals surface area contributed by atoms with Crippen molar-refractivity contribution in [3.8, 4) is 11.3 Å². The van der Waals surface area contributed by atoms with E-state index in [9.17, 15) is 4.79 Å². The van der Waals surface area contributed by atoms with Crippen molar-refractivity contribution in [2.45, 2.75) is 27.2 Å². The highest BCUT2D eigenvalue weighted by Crippen LogP contribution is 2.24. The van der Waals surface area contributed by atoms with Gasteiger partial charge in [0.05, 0.1) is 0 Å². The number of aryl methyl sites for hydroxylation is 2. The molecule has 0 aliphatic heterocycles. The van der Waals surface area contributed by atoms with Crippen LogP contribution in [0, 0.1) is 13.8 Å². The van der Waals surface area contributed by atoms with Gasteiger partial charge in [0, 0.05) is 5.56 Å². The van der Waals surface area contributed by atoms with Crippen LogP contribution in [-0.4, -0.2) is 16.8 Å². The summed E-state index contributed by atoms with van der Waals surface area (Å²) in [5.41, 5.74) is 4.93.